The van der Waals surface area contributed by atoms with Crippen molar-refractivity contribution in [1.29, 1.82) is 0 Å². The summed E-state index contributed by atoms with van der Waals surface area (Å²) in [6, 6.07) is 7.31. The van der Waals surface area contributed by atoms with E-state index in [0.717, 1.165) is 50.8 Å². The van der Waals surface area contributed by atoms with Crippen molar-refractivity contribution in [2.24, 2.45) is 0 Å². The van der Waals surface area contributed by atoms with Crippen LogP contribution in [-0.2, 0) is 11.2 Å². The molecule has 0 amide bonds. The molecule has 4 nitrogen and oxygen atoms in total. The molecule has 0 unspecified atom stereocenters. The number of hydrogen-bond acceptors (Lipinski definition) is 4. The molecular formula is C21H34N2O2. The smallest absolute Gasteiger partial charge is 0.120 e. The molecule has 2 aliphatic rings. The van der Waals surface area contributed by atoms with Gasteiger partial charge in [0, 0.05) is 31.1 Å². The van der Waals surface area contributed by atoms with Crippen molar-refractivity contribution in [2.75, 3.05) is 38.7 Å². The van der Waals surface area contributed by atoms with Crippen molar-refractivity contribution in [1.82, 2.24) is 4.90 Å². The number of nitrogens with one attached hydrogen (secondary N) is 1. The van der Waals surface area contributed by atoms with Gasteiger partial charge in [0.1, 0.15) is 11.9 Å². The molecule has 1 atom stereocenters. The second-order valence-corrected chi connectivity index (χ2v) is 7.45. The quantitative estimate of drug-likeness (QED) is 0.719. The summed E-state index contributed by atoms with van der Waals surface area (Å²) >= 11 is 0. The Bertz CT molecular complexity index is 529. The highest BCUT2D eigenvalue weighted by Gasteiger charge is 2.20. The molecule has 2 aliphatic heterocycles. The van der Waals surface area contributed by atoms with Crippen LogP contribution in [0.4, 0.5) is 5.69 Å². The summed E-state index contributed by atoms with van der Waals surface area (Å²) in [5.74, 6) is 1.00. The van der Waals surface area contributed by atoms with Gasteiger partial charge in [-0.05, 0) is 69.5 Å². The molecule has 1 aromatic carbocycles. The minimum atomic E-state index is 0.306. The summed E-state index contributed by atoms with van der Waals surface area (Å²) in [4.78, 5) is 2.51. The molecule has 0 spiro atoms. The van der Waals surface area contributed by atoms with Crippen molar-refractivity contribution in [3.8, 4) is 5.75 Å². The first-order valence-electron chi connectivity index (χ1n) is 10.1. The maximum atomic E-state index is 6.14. The van der Waals surface area contributed by atoms with Crippen LogP contribution in [0.1, 0.15) is 51.0 Å². The second-order valence-electron chi connectivity index (χ2n) is 7.45. The first-order valence-corrected chi connectivity index (χ1v) is 10.1. The second kappa shape index (κ2) is 9.44. The molecule has 0 aliphatic carbocycles. The van der Waals surface area contributed by atoms with E-state index in [4.69, 9.17) is 9.47 Å². The summed E-state index contributed by atoms with van der Waals surface area (Å²) in [5.41, 5.74) is 2.61. The normalized spacial score (nSPS) is 22.2. The number of ether oxygens (including phenoxy) is 2. The van der Waals surface area contributed by atoms with Crippen LogP contribution >= 0.6 is 0 Å². The molecule has 2 heterocycles. The molecule has 1 aromatic rings. The Morgan fingerprint density at radius 2 is 2.08 bits per heavy atom. The molecular weight excluding hydrogens is 312 g/mol. The maximum Gasteiger partial charge on any atom is 0.120 e. The van der Waals surface area contributed by atoms with E-state index in [1.165, 1.54) is 43.5 Å². The van der Waals surface area contributed by atoms with Crippen LogP contribution in [0.2, 0.25) is 0 Å². The highest BCUT2D eigenvalue weighted by Crippen LogP contribution is 2.26. The number of likely N-dealkylation sites (tertiary alicyclic amines) is 1. The lowest BCUT2D eigenvalue weighted by atomic mass is 10.1. The Hall–Kier alpha value is -1.26. The molecule has 1 N–H and O–H groups in total. The zero-order valence-corrected chi connectivity index (χ0v) is 15.9. The summed E-state index contributed by atoms with van der Waals surface area (Å²) < 4.78 is 11.6. The van der Waals surface area contributed by atoms with E-state index in [2.05, 4.69) is 42.4 Å². The van der Waals surface area contributed by atoms with Crippen LogP contribution in [0.15, 0.2) is 18.2 Å². The summed E-state index contributed by atoms with van der Waals surface area (Å²) in [5, 5.41) is 3.64. The molecule has 25 heavy (non-hydrogen) atoms. The van der Waals surface area contributed by atoms with Gasteiger partial charge in [-0.25, -0.2) is 0 Å². The Kier molecular flexibility index (Phi) is 7.00. The third-order valence-corrected chi connectivity index (χ3v) is 5.63. The van der Waals surface area contributed by atoms with Gasteiger partial charge in [-0.2, -0.15) is 0 Å². The fourth-order valence-electron chi connectivity index (χ4n) is 4.00. The molecule has 2 fully saturated rings. The van der Waals surface area contributed by atoms with Gasteiger partial charge in [0.2, 0.25) is 0 Å². The lowest BCUT2D eigenvalue weighted by Crippen LogP contribution is -2.26. The van der Waals surface area contributed by atoms with Crippen molar-refractivity contribution < 1.29 is 9.47 Å². The minimum Gasteiger partial charge on any atom is -0.490 e. The Morgan fingerprint density at radius 3 is 2.80 bits per heavy atom. The van der Waals surface area contributed by atoms with Gasteiger partial charge in [0.25, 0.3) is 0 Å². The van der Waals surface area contributed by atoms with E-state index in [-0.39, 0.29) is 0 Å². The fourth-order valence-corrected chi connectivity index (χ4v) is 4.00. The van der Waals surface area contributed by atoms with E-state index in [1.54, 1.807) is 0 Å². The van der Waals surface area contributed by atoms with Crippen LogP contribution in [-0.4, -0.2) is 50.4 Å². The van der Waals surface area contributed by atoms with Crippen LogP contribution in [0.25, 0.3) is 0 Å². The lowest BCUT2D eigenvalue weighted by molar-refractivity contribution is 0.0255. The minimum absolute atomic E-state index is 0.306. The van der Waals surface area contributed by atoms with Crippen LogP contribution in [0.3, 0.4) is 0 Å². The number of nitrogens with zero attached hydrogens (tertiary/aromatic N) is 1. The fraction of sp³-hybridized carbons (Fsp3) is 0.714. The van der Waals surface area contributed by atoms with Crippen LogP contribution in [0, 0.1) is 0 Å². The monoisotopic (exact) mass is 346 g/mol. The Balaban J connectivity index is 1.47. The molecule has 3 rings (SSSR count). The summed E-state index contributed by atoms with van der Waals surface area (Å²) in [6.45, 7) is 6.18. The number of aryl methyl sites for hydroxylation is 1. The lowest BCUT2D eigenvalue weighted by Gasteiger charge is -2.24. The molecule has 0 saturated carbocycles. The van der Waals surface area contributed by atoms with Gasteiger partial charge in [-0.1, -0.05) is 6.92 Å². The van der Waals surface area contributed by atoms with Crippen molar-refractivity contribution >= 4 is 5.69 Å². The van der Waals surface area contributed by atoms with Gasteiger partial charge >= 0.3 is 0 Å². The van der Waals surface area contributed by atoms with E-state index < -0.39 is 0 Å². The standard InChI is InChI=1S/C21H34N2O2/c1-3-17-16-20(25-19-10-14-24-15-11-19)8-9-21(17)22-12-4-6-18-7-5-13-23(18)2/h8-9,16,18-19,22H,3-7,10-15H2,1-2H3/t18-/m0/s1. The summed E-state index contributed by atoms with van der Waals surface area (Å²) in [7, 11) is 2.26. The number of hydrogen-bond donors (Lipinski definition) is 1. The zero-order valence-electron chi connectivity index (χ0n) is 15.9. The predicted octanol–water partition coefficient (Wildman–Crippen LogP) is 4.09. The van der Waals surface area contributed by atoms with Gasteiger partial charge in [-0.3, -0.25) is 0 Å². The SMILES string of the molecule is CCc1cc(OC2CCOCC2)ccc1NCCC[C@H]1CCCN1C. The molecule has 4 heteroatoms. The van der Waals surface area contributed by atoms with Gasteiger partial charge in [-0.15, -0.1) is 0 Å². The van der Waals surface area contributed by atoms with Crippen LogP contribution in [0.5, 0.6) is 5.75 Å². The third-order valence-electron chi connectivity index (χ3n) is 5.63. The van der Waals surface area contributed by atoms with Crippen molar-refractivity contribution in [2.45, 2.75) is 64.0 Å². The Labute approximate surface area is 152 Å². The van der Waals surface area contributed by atoms with Gasteiger partial charge < -0.3 is 19.7 Å². The van der Waals surface area contributed by atoms with E-state index in [0.29, 0.717) is 6.10 Å². The molecule has 140 valence electrons. The topological polar surface area (TPSA) is 33.7 Å². The number of benzene rings is 1. The van der Waals surface area contributed by atoms with E-state index in [1.807, 2.05) is 0 Å². The third kappa shape index (κ3) is 5.35. The van der Waals surface area contributed by atoms with Crippen LogP contribution < -0.4 is 10.1 Å². The van der Waals surface area contributed by atoms with Gasteiger partial charge in [0.15, 0.2) is 0 Å². The van der Waals surface area contributed by atoms with E-state index >= 15 is 0 Å². The zero-order chi connectivity index (χ0) is 17.5. The Morgan fingerprint density at radius 1 is 1.24 bits per heavy atom. The molecule has 2 saturated heterocycles. The van der Waals surface area contributed by atoms with Crippen molar-refractivity contribution in [3.05, 3.63) is 23.8 Å². The average Bonchev–Trinajstić information content (AvgIpc) is 3.05. The largest absolute Gasteiger partial charge is 0.490 e. The summed E-state index contributed by atoms with van der Waals surface area (Å²) in [6.07, 6.45) is 8.60. The molecule has 0 bridgehead atoms. The first kappa shape index (κ1) is 18.5. The highest BCUT2D eigenvalue weighted by molar-refractivity contribution is 5.54. The van der Waals surface area contributed by atoms with Gasteiger partial charge in [0.05, 0.1) is 13.2 Å². The highest BCUT2D eigenvalue weighted by atomic mass is 16.5. The van der Waals surface area contributed by atoms with E-state index in [9.17, 15) is 0 Å². The maximum absolute atomic E-state index is 6.14. The van der Waals surface area contributed by atoms with Crippen molar-refractivity contribution in [3.63, 3.8) is 0 Å². The number of rotatable bonds is 8. The number of anilines is 1. The molecule has 0 aromatic heterocycles. The average molecular weight is 347 g/mol. The predicted molar refractivity (Wildman–Crippen MR) is 104 cm³/mol. The molecule has 0 radical (unpaired) electrons. The first-order chi connectivity index (χ1) is 12.3.